The molecule has 0 atom stereocenters. The number of nitrogens with zero attached hydrogens (tertiary/aromatic N) is 1. The van der Waals surface area contributed by atoms with Gasteiger partial charge in [-0.15, -0.1) is 0 Å². The Balaban J connectivity index is 0.00000181. The molecule has 3 nitrogen and oxygen atoms in total. The first-order valence-corrected chi connectivity index (χ1v) is 22.5. The normalized spacial score (nSPS) is 35.4. The number of rotatable bonds is 6. The van der Waals surface area contributed by atoms with E-state index in [0.717, 1.165) is 71.9 Å². The minimum Gasteiger partial charge on any atom is -0.507 e. The molecule has 0 spiro atoms. The topological polar surface area (TPSA) is 53.4 Å². The number of hydrogen-bond donors (Lipinski definition) is 2. The van der Waals surface area contributed by atoms with E-state index in [1.807, 2.05) is 66.7 Å². The number of pyridine rings is 1. The van der Waals surface area contributed by atoms with Crippen molar-refractivity contribution in [1.82, 2.24) is 4.98 Å². The molecule has 0 amide bonds. The van der Waals surface area contributed by atoms with Crippen LogP contribution in [0.15, 0.2) is 91.0 Å². The molecule has 0 radical (unpaired) electrons. The monoisotopic (exact) mass is 1010 g/mol. The van der Waals surface area contributed by atoms with Crippen LogP contribution in [0.25, 0.3) is 44.8 Å². The molecule has 8 fully saturated rings. The van der Waals surface area contributed by atoms with E-state index in [0.29, 0.717) is 22.5 Å². The van der Waals surface area contributed by atoms with Crippen molar-refractivity contribution in [2.45, 2.75) is 129 Å². The van der Waals surface area contributed by atoms with E-state index in [4.69, 9.17) is 4.98 Å². The van der Waals surface area contributed by atoms with Gasteiger partial charge in [0.25, 0.3) is 0 Å². The third-order valence-electron chi connectivity index (χ3n) is 16.7. The maximum atomic E-state index is 16.1. The molecule has 330 valence electrons. The van der Waals surface area contributed by atoms with Crippen LogP contribution in [0.5, 0.6) is 11.5 Å². The molecule has 0 unspecified atom stereocenters. The van der Waals surface area contributed by atoms with Gasteiger partial charge >= 0.3 is 0 Å². The zero-order chi connectivity index (χ0) is 41.9. The van der Waals surface area contributed by atoms with Crippen LogP contribution >= 0.6 is 0 Å². The second-order valence-corrected chi connectivity index (χ2v) is 23.7. The molecule has 5 aromatic rings. The second kappa shape index (κ2) is 14.7. The summed E-state index contributed by atoms with van der Waals surface area (Å²) in [7, 11) is 0. The van der Waals surface area contributed by atoms with Crippen molar-refractivity contribution in [3.05, 3.63) is 129 Å². The molecular formula is C57H65F2HfNO2-2. The number of phenolic OH excluding ortho intramolecular Hbond substituents is 2. The molecule has 8 bridgehead atoms. The smallest absolute Gasteiger partial charge is 0.127 e. The third-order valence-corrected chi connectivity index (χ3v) is 16.7. The van der Waals surface area contributed by atoms with Gasteiger partial charge in [0, 0.05) is 70.1 Å². The fraction of sp³-hybridized carbons (Fsp3) is 0.456. The fourth-order valence-electron chi connectivity index (χ4n) is 18.2. The Morgan fingerprint density at radius 3 is 0.984 bits per heavy atom. The Kier molecular flexibility index (Phi) is 10.7. The van der Waals surface area contributed by atoms with Crippen molar-refractivity contribution in [3.8, 4) is 56.3 Å². The van der Waals surface area contributed by atoms with Crippen molar-refractivity contribution in [2.75, 3.05) is 0 Å². The molecule has 8 aliphatic carbocycles. The minimum absolute atomic E-state index is 0. The van der Waals surface area contributed by atoms with Crippen molar-refractivity contribution < 1.29 is 44.8 Å². The average molecular weight is 1010 g/mol. The van der Waals surface area contributed by atoms with Crippen molar-refractivity contribution in [3.63, 3.8) is 0 Å². The first-order valence-electron chi connectivity index (χ1n) is 22.5. The van der Waals surface area contributed by atoms with Crippen molar-refractivity contribution >= 4 is 0 Å². The standard InChI is InChI=1S/C55H59F2NO2.2CH3.Hf/c1-48-22-49(2)24-50(3,23-48)30-54(28-48,29-49)42-20-34(56)18-40(46(42)59)36-12-7-9-14-38(36)44-16-11-17-45(58-44)39-15-10-8-13-37(39)41-19-35(57)21-43(47(41)60)55-31-51(4)25-52(5,32-55)27-53(6,26-51)33-55;;;/h7-21,59-60H,22-33H2,1-6H3;2*1H3;/q;2*-1;. The number of benzene rings is 4. The Hall–Kier alpha value is -3.64. The summed E-state index contributed by atoms with van der Waals surface area (Å²) >= 11 is 0. The summed E-state index contributed by atoms with van der Waals surface area (Å²) in [4.78, 5) is 5.25. The van der Waals surface area contributed by atoms with Crippen LogP contribution in [-0.2, 0) is 36.7 Å². The van der Waals surface area contributed by atoms with E-state index in [1.54, 1.807) is 12.1 Å². The summed E-state index contributed by atoms with van der Waals surface area (Å²) < 4.78 is 32.1. The summed E-state index contributed by atoms with van der Waals surface area (Å²) in [6.45, 7) is 14.5. The van der Waals surface area contributed by atoms with Crippen LogP contribution in [0.3, 0.4) is 0 Å². The van der Waals surface area contributed by atoms with E-state index < -0.39 is 0 Å². The van der Waals surface area contributed by atoms with Crippen LogP contribution in [0.4, 0.5) is 8.78 Å². The first kappa shape index (κ1) is 45.9. The second-order valence-electron chi connectivity index (χ2n) is 23.7. The maximum absolute atomic E-state index is 16.1. The van der Waals surface area contributed by atoms with Crippen LogP contribution in [-0.4, -0.2) is 15.2 Å². The number of aromatic nitrogens is 1. The molecule has 6 heteroatoms. The van der Waals surface area contributed by atoms with E-state index >= 15 is 8.78 Å². The SMILES string of the molecule is CC12CC3(C)CC(C)(C1)CC(c1cc(F)cc(-c4ccccc4-c4cccc(-c5ccccc5-c5cc(F)cc(C67CC8(C)CC(C)(CC(C)(C8)C6)C7)c5O)n4)c1O)(C2)C3.[CH3-].[CH3-].[Hf]. The Labute approximate surface area is 394 Å². The Morgan fingerprint density at radius 2 is 0.683 bits per heavy atom. The van der Waals surface area contributed by atoms with Crippen LogP contribution < -0.4 is 0 Å². The average Bonchev–Trinajstić information content (AvgIpc) is 3.12. The van der Waals surface area contributed by atoms with Gasteiger partial charge in [0.05, 0.1) is 11.4 Å². The minimum atomic E-state index is -0.334. The van der Waals surface area contributed by atoms with Gasteiger partial charge < -0.3 is 25.1 Å². The van der Waals surface area contributed by atoms with Crippen LogP contribution in [0.2, 0.25) is 0 Å². The summed E-state index contributed by atoms with van der Waals surface area (Å²) in [5, 5.41) is 24.8. The summed E-state index contributed by atoms with van der Waals surface area (Å²) in [6, 6.07) is 27.8. The van der Waals surface area contributed by atoms with E-state index in [2.05, 4.69) is 41.5 Å². The third kappa shape index (κ3) is 7.21. The molecule has 13 rings (SSSR count). The number of halogens is 2. The predicted molar refractivity (Wildman–Crippen MR) is 249 cm³/mol. The van der Waals surface area contributed by atoms with Crippen LogP contribution in [0.1, 0.15) is 130 Å². The molecule has 1 heterocycles. The van der Waals surface area contributed by atoms with Crippen molar-refractivity contribution in [2.24, 2.45) is 32.5 Å². The molecular weight excluding hydrogens is 947 g/mol. The van der Waals surface area contributed by atoms with E-state index in [-0.39, 0.29) is 107 Å². The van der Waals surface area contributed by atoms with Crippen LogP contribution in [0, 0.1) is 59.0 Å². The Bertz CT molecular complexity index is 2370. The van der Waals surface area contributed by atoms with Gasteiger partial charge in [-0.05, 0) is 157 Å². The molecule has 0 saturated heterocycles. The van der Waals surface area contributed by atoms with Gasteiger partial charge in [-0.25, -0.2) is 13.8 Å². The fourth-order valence-corrected chi connectivity index (χ4v) is 18.2. The van der Waals surface area contributed by atoms with Gasteiger partial charge in [0.1, 0.15) is 23.1 Å². The molecule has 63 heavy (non-hydrogen) atoms. The van der Waals surface area contributed by atoms with Gasteiger partial charge in [0.2, 0.25) is 0 Å². The van der Waals surface area contributed by atoms with Gasteiger partial charge in [0.15, 0.2) is 0 Å². The molecule has 2 N–H and O–H groups in total. The van der Waals surface area contributed by atoms with E-state index in [1.165, 1.54) is 50.7 Å². The number of hydrogen-bond acceptors (Lipinski definition) is 3. The van der Waals surface area contributed by atoms with Crippen molar-refractivity contribution in [1.29, 1.82) is 0 Å². The van der Waals surface area contributed by atoms with Gasteiger partial charge in [-0.2, -0.15) is 0 Å². The molecule has 4 aromatic carbocycles. The summed E-state index contributed by atoms with van der Waals surface area (Å²) in [5.74, 6) is -0.313. The Morgan fingerprint density at radius 1 is 0.397 bits per heavy atom. The molecule has 8 aliphatic rings. The molecule has 1 aromatic heterocycles. The largest absolute Gasteiger partial charge is 0.507 e. The van der Waals surface area contributed by atoms with Gasteiger partial charge in [-0.3, -0.25) is 0 Å². The first-order chi connectivity index (χ1) is 28.2. The predicted octanol–water partition coefficient (Wildman–Crippen LogP) is 15.6. The maximum Gasteiger partial charge on any atom is 0.127 e. The number of phenols is 2. The zero-order valence-electron chi connectivity index (χ0n) is 38.7. The quantitative estimate of drug-likeness (QED) is 0.132. The van der Waals surface area contributed by atoms with E-state index in [9.17, 15) is 10.2 Å². The van der Waals surface area contributed by atoms with Gasteiger partial charge in [-0.1, -0.05) is 96.1 Å². The molecule has 0 aliphatic heterocycles. The summed E-state index contributed by atoms with van der Waals surface area (Å²) in [6.07, 6.45) is 12.9. The summed E-state index contributed by atoms with van der Waals surface area (Å²) in [5.41, 5.74) is 7.32. The number of aromatic hydroxyl groups is 2. The molecule has 8 saturated carbocycles. The zero-order valence-corrected chi connectivity index (χ0v) is 42.3.